The molecule has 1 aromatic rings. The molecule has 0 saturated heterocycles. The molecule has 0 spiro atoms. The van der Waals surface area contributed by atoms with Crippen molar-refractivity contribution >= 4 is 5.91 Å². The molecule has 2 rings (SSSR count). The van der Waals surface area contributed by atoms with Crippen LogP contribution in [0, 0.1) is 5.41 Å². The summed E-state index contributed by atoms with van der Waals surface area (Å²) in [5.41, 5.74) is 7.01. The van der Waals surface area contributed by atoms with Crippen molar-refractivity contribution in [2.45, 2.75) is 45.1 Å². The molecule has 0 atom stereocenters. The second-order valence-electron chi connectivity index (χ2n) is 5.82. The summed E-state index contributed by atoms with van der Waals surface area (Å²) >= 11 is 0. The quantitative estimate of drug-likeness (QED) is 0.889. The number of amides is 1. The Balaban J connectivity index is 1.91. The van der Waals surface area contributed by atoms with Crippen LogP contribution >= 0.6 is 0 Å². The first kappa shape index (κ1) is 14.1. The SMILES string of the molecule is CN(Cc1ccoc1)C(=O)CC1(CN)CCCCC1. The number of hydrogen-bond donors (Lipinski definition) is 1. The summed E-state index contributed by atoms with van der Waals surface area (Å²) in [7, 11) is 1.85. The van der Waals surface area contributed by atoms with Gasteiger partial charge in [0.05, 0.1) is 12.5 Å². The zero-order valence-corrected chi connectivity index (χ0v) is 11.7. The molecule has 1 heterocycles. The van der Waals surface area contributed by atoms with Gasteiger partial charge in [0.15, 0.2) is 0 Å². The third kappa shape index (κ3) is 3.60. The summed E-state index contributed by atoms with van der Waals surface area (Å²) < 4.78 is 5.03. The van der Waals surface area contributed by atoms with E-state index in [1.807, 2.05) is 13.1 Å². The van der Waals surface area contributed by atoms with E-state index in [0.29, 0.717) is 19.5 Å². The lowest BCUT2D eigenvalue weighted by Gasteiger charge is -2.36. The normalized spacial score (nSPS) is 18.2. The monoisotopic (exact) mass is 264 g/mol. The highest BCUT2D eigenvalue weighted by Gasteiger charge is 2.33. The van der Waals surface area contributed by atoms with Gasteiger partial charge >= 0.3 is 0 Å². The highest BCUT2D eigenvalue weighted by Crippen LogP contribution is 2.38. The molecule has 106 valence electrons. The second kappa shape index (κ2) is 6.24. The molecule has 0 unspecified atom stereocenters. The van der Waals surface area contributed by atoms with Gasteiger partial charge in [0.1, 0.15) is 0 Å². The van der Waals surface area contributed by atoms with E-state index in [9.17, 15) is 4.79 Å². The Bertz CT molecular complexity index is 394. The fourth-order valence-electron chi connectivity index (χ4n) is 2.96. The highest BCUT2D eigenvalue weighted by molar-refractivity contribution is 5.76. The first-order valence-electron chi connectivity index (χ1n) is 7.10. The zero-order valence-electron chi connectivity index (χ0n) is 11.7. The Kier molecular flexibility index (Phi) is 4.64. The highest BCUT2D eigenvalue weighted by atomic mass is 16.3. The summed E-state index contributed by atoms with van der Waals surface area (Å²) in [4.78, 5) is 14.1. The minimum atomic E-state index is 0.0417. The van der Waals surface area contributed by atoms with E-state index < -0.39 is 0 Å². The average Bonchev–Trinajstić information content (AvgIpc) is 2.92. The summed E-state index contributed by atoms with van der Waals surface area (Å²) in [6.45, 7) is 1.23. The van der Waals surface area contributed by atoms with Crippen LogP contribution in [0.3, 0.4) is 0 Å². The lowest BCUT2D eigenvalue weighted by molar-refractivity contribution is -0.133. The van der Waals surface area contributed by atoms with Crippen LogP contribution in [-0.4, -0.2) is 24.4 Å². The van der Waals surface area contributed by atoms with Crippen LogP contribution in [0.1, 0.15) is 44.1 Å². The Hall–Kier alpha value is -1.29. The van der Waals surface area contributed by atoms with Crippen LogP contribution < -0.4 is 5.73 Å². The Morgan fingerprint density at radius 3 is 2.74 bits per heavy atom. The van der Waals surface area contributed by atoms with Gasteiger partial charge in [-0.25, -0.2) is 0 Å². The van der Waals surface area contributed by atoms with Crippen LogP contribution in [0.4, 0.5) is 0 Å². The molecule has 1 fully saturated rings. The predicted molar refractivity (Wildman–Crippen MR) is 74.4 cm³/mol. The largest absolute Gasteiger partial charge is 0.472 e. The molecule has 1 aliphatic rings. The van der Waals surface area contributed by atoms with Gasteiger partial charge < -0.3 is 15.1 Å². The van der Waals surface area contributed by atoms with Gasteiger partial charge in [-0.15, -0.1) is 0 Å². The molecule has 0 aliphatic heterocycles. The maximum atomic E-state index is 12.3. The number of hydrogen-bond acceptors (Lipinski definition) is 3. The van der Waals surface area contributed by atoms with Crippen molar-refractivity contribution in [2.24, 2.45) is 11.1 Å². The van der Waals surface area contributed by atoms with Crippen molar-refractivity contribution < 1.29 is 9.21 Å². The Morgan fingerprint density at radius 2 is 2.16 bits per heavy atom. The van der Waals surface area contributed by atoms with Crippen LogP contribution in [0.15, 0.2) is 23.0 Å². The maximum absolute atomic E-state index is 12.3. The van der Waals surface area contributed by atoms with Gasteiger partial charge in [-0.2, -0.15) is 0 Å². The minimum Gasteiger partial charge on any atom is -0.472 e. The third-order valence-electron chi connectivity index (χ3n) is 4.30. The van der Waals surface area contributed by atoms with E-state index in [1.54, 1.807) is 17.4 Å². The lowest BCUT2D eigenvalue weighted by atomic mass is 9.71. The third-order valence-corrected chi connectivity index (χ3v) is 4.30. The van der Waals surface area contributed by atoms with Crippen LogP contribution in [0.2, 0.25) is 0 Å². The van der Waals surface area contributed by atoms with Crippen LogP contribution in [-0.2, 0) is 11.3 Å². The smallest absolute Gasteiger partial charge is 0.223 e. The fourth-order valence-corrected chi connectivity index (χ4v) is 2.96. The standard InChI is InChI=1S/C15H24N2O2/c1-17(10-13-5-8-19-11-13)14(18)9-15(12-16)6-3-2-4-7-15/h5,8,11H,2-4,6-7,9-10,12,16H2,1H3. The van der Waals surface area contributed by atoms with Gasteiger partial charge in [-0.3, -0.25) is 4.79 Å². The molecule has 2 N–H and O–H groups in total. The number of carbonyl (C=O) groups is 1. The number of furan rings is 1. The maximum Gasteiger partial charge on any atom is 0.223 e. The molecule has 19 heavy (non-hydrogen) atoms. The van der Waals surface area contributed by atoms with Crippen LogP contribution in [0.25, 0.3) is 0 Å². The predicted octanol–water partition coefficient (Wildman–Crippen LogP) is 2.54. The number of rotatable bonds is 5. The van der Waals surface area contributed by atoms with Gasteiger partial charge in [0.25, 0.3) is 0 Å². The first-order valence-corrected chi connectivity index (χ1v) is 7.10. The molecule has 0 bridgehead atoms. The summed E-state index contributed by atoms with van der Waals surface area (Å²) in [5, 5.41) is 0. The molecular formula is C15H24N2O2. The zero-order chi connectivity index (χ0) is 13.7. The van der Waals surface area contributed by atoms with Crippen molar-refractivity contribution in [3.8, 4) is 0 Å². The molecule has 1 saturated carbocycles. The van der Waals surface area contributed by atoms with Crippen molar-refractivity contribution in [2.75, 3.05) is 13.6 Å². The van der Waals surface area contributed by atoms with Crippen molar-refractivity contribution in [3.63, 3.8) is 0 Å². The summed E-state index contributed by atoms with van der Waals surface area (Å²) in [6.07, 6.45) is 9.77. The molecule has 0 radical (unpaired) electrons. The lowest BCUT2D eigenvalue weighted by Crippen LogP contribution is -2.39. The number of nitrogens with two attached hydrogens (primary N) is 1. The van der Waals surface area contributed by atoms with Crippen LogP contribution in [0.5, 0.6) is 0 Å². The van der Waals surface area contributed by atoms with Gasteiger partial charge in [-0.05, 0) is 30.9 Å². The molecular weight excluding hydrogens is 240 g/mol. The average molecular weight is 264 g/mol. The van der Waals surface area contributed by atoms with E-state index in [1.165, 1.54) is 19.3 Å². The van der Waals surface area contributed by atoms with E-state index in [4.69, 9.17) is 10.2 Å². The summed E-state index contributed by atoms with van der Waals surface area (Å²) in [6, 6.07) is 1.89. The van der Waals surface area contributed by atoms with Gasteiger partial charge in [0.2, 0.25) is 5.91 Å². The van der Waals surface area contributed by atoms with E-state index in [0.717, 1.165) is 18.4 Å². The van der Waals surface area contributed by atoms with E-state index in [2.05, 4.69) is 0 Å². The first-order chi connectivity index (χ1) is 9.15. The van der Waals surface area contributed by atoms with Gasteiger partial charge in [0, 0.05) is 25.6 Å². The minimum absolute atomic E-state index is 0.0417. The van der Waals surface area contributed by atoms with E-state index >= 15 is 0 Å². The van der Waals surface area contributed by atoms with Crippen molar-refractivity contribution in [1.29, 1.82) is 0 Å². The Morgan fingerprint density at radius 1 is 1.42 bits per heavy atom. The number of carbonyl (C=O) groups excluding carboxylic acids is 1. The Labute approximate surface area is 114 Å². The van der Waals surface area contributed by atoms with Gasteiger partial charge in [-0.1, -0.05) is 19.3 Å². The molecule has 0 aromatic carbocycles. The fraction of sp³-hybridized carbons (Fsp3) is 0.667. The molecule has 4 nitrogen and oxygen atoms in total. The topological polar surface area (TPSA) is 59.5 Å². The second-order valence-corrected chi connectivity index (χ2v) is 5.82. The molecule has 4 heteroatoms. The van der Waals surface area contributed by atoms with Crippen molar-refractivity contribution in [1.82, 2.24) is 4.90 Å². The molecule has 1 aromatic heterocycles. The van der Waals surface area contributed by atoms with Crippen molar-refractivity contribution in [3.05, 3.63) is 24.2 Å². The van der Waals surface area contributed by atoms with E-state index in [-0.39, 0.29) is 11.3 Å². The summed E-state index contributed by atoms with van der Waals surface area (Å²) in [5.74, 6) is 0.188. The molecule has 1 aliphatic carbocycles. The molecule has 1 amide bonds. The number of nitrogens with zero attached hydrogens (tertiary/aromatic N) is 1.